The summed E-state index contributed by atoms with van der Waals surface area (Å²) in [5, 5.41) is 15.7. The quantitative estimate of drug-likeness (QED) is 0.457. The van der Waals surface area contributed by atoms with E-state index >= 15 is 0 Å². The molecule has 0 spiro atoms. The number of amidine groups is 2. The summed E-state index contributed by atoms with van der Waals surface area (Å²) in [5.74, 6) is 0.321. The van der Waals surface area contributed by atoms with Gasteiger partial charge in [-0.05, 0) is 99.0 Å². The van der Waals surface area contributed by atoms with Gasteiger partial charge in [0, 0.05) is 17.1 Å². The van der Waals surface area contributed by atoms with Crippen LogP contribution in [0.15, 0.2) is 64.2 Å². The Hall–Kier alpha value is -3.91. The van der Waals surface area contributed by atoms with Gasteiger partial charge in [-0.25, -0.2) is 0 Å². The Balaban J connectivity index is 1.42. The van der Waals surface area contributed by atoms with Crippen molar-refractivity contribution in [2.75, 3.05) is 6.61 Å². The molecule has 1 amide bonds. The van der Waals surface area contributed by atoms with Crippen molar-refractivity contribution in [3.63, 3.8) is 0 Å². The van der Waals surface area contributed by atoms with Crippen LogP contribution in [0.4, 0.5) is 0 Å². The van der Waals surface area contributed by atoms with Crippen LogP contribution in [-0.4, -0.2) is 38.1 Å². The Kier molecular flexibility index (Phi) is 6.14. The monoisotopic (exact) mass is 497 g/mol. The first kappa shape index (κ1) is 23.8. The van der Waals surface area contributed by atoms with E-state index in [2.05, 4.69) is 46.7 Å². The predicted octanol–water partition coefficient (Wildman–Crippen LogP) is 5.72. The number of fused-ring (bicyclic) bond motifs is 1. The first-order valence-electron chi connectivity index (χ1n) is 11.7. The highest BCUT2D eigenvalue weighted by atomic mass is 32.2. The van der Waals surface area contributed by atoms with Gasteiger partial charge in [0.05, 0.1) is 5.57 Å². The van der Waals surface area contributed by atoms with Crippen LogP contribution in [0, 0.1) is 40.0 Å². The number of ether oxygens (including phenoxy) is 1. The summed E-state index contributed by atoms with van der Waals surface area (Å²) < 4.78 is 8.03. The Morgan fingerprint density at radius 1 is 1.06 bits per heavy atom. The van der Waals surface area contributed by atoms with E-state index in [0.29, 0.717) is 10.2 Å². The number of amides is 1. The first-order chi connectivity index (χ1) is 17.2. The standard InChI is InChI=1S/C28H27N5O2S/c1-16-8-6-10-22(12-16)35-15-25-31-33-26(29)23(27(34)30-28(33)36-25)14-21-13-18(3)32(20(21)5)24-11-7-9-17(2)19(24)4/h6-14,29H,15H2,1-5H3. The van der Waals surface area contributed by atoms with Gasteiger partial charge >= 0.3 is 0 Å². The molecular weight excluding hydrogens is 470 g/mol. The number of carbonyl (C=O) groups excluding carboxylic acids is 1. The lowest BCUT2D eigenvalue weighted by molar-refractivity contribution is -0.114. The number of aryl methyl sites for hydroxylation is 3. The largest absolute Gasteiger partial charge is 0.487 e. The molecule has 1 N–H and O–H groups in total. The predicted molar refractivity (Wildman–Crippen MR) is 146 cm³/mol. The number of hydrogen-bond acceptors (Lipinski definition) is 5. The molecule has 0 fully saturated rings. The van der Waals surface area contributed by atoms with Crippen LogP contribution in [0.1, 0.15) is 33.6 Å². The molecule has 0 saturated carbocycles. The highest BCUT2D eigenvalue weighted by Crippen LogP contribution is 2.31. The van der Waals surface area contributed by atoms with Crippen LogP contribution in [0.25, 0.3) is 11.8 Å². The number of carbonyl (C=O) groups is 1. The number of thioether (sulfide) groups is 1. The number of aliphatic imine (C=N–C) groups is 1. The van der Waals surface area contributed by atoms with E-state index in [-0.39, 0.29) is 18.0 Å². The van der Waals surface area contributed by atoms with Gasteiger partial charge in [0.2, 0.25) is 5.17 Å². The molecule has 36 heavy (non-hydrogen) atoms. The molecule has 0 radical (unpaired) electrons. The number of hydrazone groups is 1. The van der Waals surface area contributed by atoms with Crippen molar-refractivity contribution in [1.29, 1.82) is 5.41 Å². The fourth-order valence-corrected chi connectivity index (χ4v) is 5.18. The molecule has 1 aromatic heterocycles. The Labute approximate surface area is 214 Å². The molecule has 2 aromatic carbocycles. The number of rotatable bonds is 5. The zero-order chi connectivity index (χ0) is 25.6. The van der Waals surface area contributed by atoms with Crippen molar-refractivity contribution in [3.8, 4) is 11.4 Å². The maximum Gasteiger partial charge on any atom is 0.283 e. The minimum Gasteiger partial charge on any atom is -0.487 e. The molecule has 8 heteroatoms. The molecule has 7 nitrogen and oxygen atoms in total. The van der Waals surface area contributed by atoms with E-state index in [1.807, 2.05) is 51.1 Å². The Morgan fingerprint density at radius 3 is 2.61 bits per heavy atom. The van der Waals surface area contributed by atoms with E-state index in [9.17, 15) is 4.79 Å². The topological polar surface area (TPSA) is 83.0 Å². The van der Waals surface area contributed by atoms with Crippen LogP contribution >= 0.6 is 11.8 Å². The molecule has 2 aliphatic heterocycles. The summed E-state index contributed by atoms with van der Waals surface area (Å²) in [4.78, 5) is 17.1. The van der Waals surface area contributed by atoms with Gasteiger partial charge < -0.3 is 9.30 Å². The lowest BCUT2D eigenvalue weighted by Gasteiger charge is -2.20. The second-order valence-electron chi connectivity index (χ2n) is 9.00. The van der Waals surface area contributed by atoms with Gasteiger partial charge in [0.25, 0.3) is 5.91 Å². The van der Waals surface area contributed by atoms with Crippen LogP contribution < -0.4 is 4.74 Å². The number of hydrogen-bond donors (Lipinski definition) is 1. The number of benzene rings is 2. The third-order valence-corrected chi connectivity index (χ3v) is 7.32. The zero-order valence-corrected chi connectivity index (χ0v) is 21.7. The van der Waals surface area contributed by atoms with Crippen molar-refractivity contribution >= 4 is 39.8 Å². The average molecular weight is 498 g/mol. The molecule has 0 bridgehead atoms. The van der Waals surface area contributed by atoms with Crippen LogP contribution in [0.3, 0.4) is 0 Å². The minimum atomic E-state index is -0.439. The van der Waals surface area contributed by atoms with Gasteiger partial charge in [-0.3, -0.25) is 10.2 Å². The summed E-state index contributed by atoms with van der Waals surface area (Å²) in [6.07, 6.45) is 1.75. The van der Waals surface area contributed by atoms with Crippen molar-refractivity contribution in [2.45, 2.75) is 34.6 Å². The van der Waals surface area contributed by atoms with Crippen LogP contribution in [-0.2, 0) is 4.79 Å². The molecule has 0 saturated heterocycles. The summed E-state index contributed by atoms with van der Waals surface area (Å²) >= 11 is 1.25. The Morgan fingerprint density at radius 2 is 1.83 bits per heavy atom. The van der Waals surface area contributed by atoms with Gasteiger partial charge in [-0.15, -0.1) is 0 Å². The van der Waals surface area contributed by atoms with Crippen LogP contribution in [0.5, 0.6) is 5.75 Å². The molecule has 182 valence electrons. The van der Waals surface area contributed by atoms with Gasteiger partial charge in [-0.1, -0.05) is 24.3 Å². The second-order valence-corrected chi connectivity index (χ2v) is 10.0. The molecule has 0 aliphatic carbocycles. The van der Waals surface area contributed by atoms with Gasteiger partial charge in [0.1, 0.15) is 17.4 Å². The third kappa shape index (κ3) is 4.28. The van der Waals surface area contributed by atoms with Crippen molar-refractivity contribution in [3.05, 3.63) is 87.7 Å². The van der Waals surface area contributed by atoms with Crippen molar-refractivity contribution < 1.29 is 9.53 Å². The fourth-order valence-electron chi connectivity index (χ4n) is 4.38. The van der Waals surface area contributed by atoms with E-state index in [0.717, 1.165) is 34.0 Å². The minimum absolute atomic E-state index is 0.0135. The number of nitrogens with zero attached hydrogens (tertiary/aromatic N) is 4. The summed E-state index contributed by atoms with van der Waals surface area (Å²) in [6, 6.07) is 16.1. The van der Waals surface area contributed by atoms with Crippen LogP contribution in [0.2, 0.25) is 0 Å². The summed E-state index contributed by atoms with van der Waals surface area (Å²) in [5.41, 5.74) is 7.78. The maximum atomic E-state index is 12.9. The fraction of sp³-hybridized carbons (Fsp3) is 0.214. The highest BCUT2D eigenvalue weighted by Gasteiger charge is 2.36. The van der Waals surface area contributed by atoms with E-state index < -0.39 is 5.91 Å². The second kappa shape index (κ2) is 9.28. The third-order valence-electron chi connectivity index (χ3n) is 6.44. The molecule has 2 aliphatic rings. The maximum absolute atomic E-state index is 12.9. The summed E-state index contributed by atoms with van der Waals surface area (Å²) in [7, 11) is 0. The van der Waals surface area contributed by atoms with E-state index in [4.69, 9.17) is 10.1 Å². The first-order valence-corrected chi connectivity index (χ1v) is 12.5. The van der Waals surface area contributed by atoms with E-state index in [1.54, 1.807) is 6.08 Å². The summed E-state index contributed by atoms with van der Waals surface area (Å²) in [6.45, 7) is 10.5. The molecular formula is C28H27N5O2S. The normalized spacial score (nSPS) is 16.4. The average Bonchev–Trinajstić information content (AvgIpc) is 3.37. The molecule has 3 aromatic rings. The van der Waals surface area contributed by atoms with E-state index in [1.165, 1.54) is 27.9 Å². The highest BCUT2D eigenvalue weighted by molar-refractivity contribution is 8.27. The Bertz CT molecular complexity index is 1510. The van der Waals surface area contributed by atoms with Gasteiger partial charge in [0.15, 0.2) is 5.84 Å². The van der Waals surface area contributed by atoms with Crippen molar-refractivity contribution in [1.82, 2.24) is 9.58 Å². The number of nitrogens with one attached hydrogen (secondary N) is 1. The number of aromatic nitrogens is 1. The van der Waals surface area contributed by atoms with Gasteiger partial charge in [-0.2, -0.15) is 15.1 Å². The smallest absolute Gasteiger partial charge is 0.283 e. The zero-order valence-electron chi connectivity index (χ0n) is 20.9. The molecule has 5 rings (SSSR count). The lowest BCUT2D eigenvalue weighted by Crippen LogP contribution is -2.35. The molecule has 0 unspecified atom stereocenters. The molecule has 0 atom stereocenters. The lowest BCUT2D eigenvalue weighted by atomic mass is 10.1. The SMILES string of the molecule is Cc1cccc(OCC2=NN3C(=N)C(=Cc4cc(C)n(-c5cccc(C)c5C)c4C)C(=O)N=C3S2)c1. The molecule has 3 heterocycles. The van der Waals surface area contributed by atoms with Crippen molar-refractivity contribution in [2.24, 2.45) is 10.1 Å².